The van der Waals surface area contributed by atoms with E-state index in [2.05, 4.69) is 39.2 Å². The van der Waals surface area contributed by atoms with Gasteiger partial charge in [-0.2, -0.15) is 0 Å². The van der Waals surface area contributed by atoms with Crippen molar-refractivity contribution in [3.05, 3.63) is 88.4 Å². The largest absolute Gasteiger partial charge is 0.495 e. The van der Waals surface area contributed by atoms with Crippen molar-refractivity contribution in [1.29, 1.82) is 0 Å². The van der Waals surface area contributed by atoms with Crippen LogP contribution < -0.4 is 10.1 Å². The molecule has 0 spiro atoms. The van der Waals surface area contributed by atoms with Crippen molar-refractivity contribution in [2.45, 2.75) is 13.3 Å². The lowest BCUT2D eigenvalue weighted by Crippen LogP contribution is -2.13. The minimum absolute atomic E-state index is 0.250. The fraction of sp³-hybridized carbons (Fsp3) is 0.111. The van der Waals surface area contributed by atoms with E-state index >= 15 is 0 Å². The van der Waals surface area contributed by atoms with Crippen molar-refractivity contribution in [2.75, 3.05) is 12.4 Å². The zero-order valence-corrected chi connectivity index (χ0v) is 19.8. The van der Waals surface area contributed by atoms with Gasteiger partial charge in [-0.3, -0.25) is 4.79 Å². The lowest BCUT2D eigenvalue weighted by Gasteiger charge is -2.13. The van der Waals surface area contributed by atoms with E-state index in [1.54, 1.807) is 7.11 Å². The number of amides is 1. The average molecular weight is 501 g/mol. The van der Waals surface area contributed by atoms with E-state index in [4.69, 9.17) is 9.15 Å². The second kappa shape index (κ2) is 8.71. The van der Waals surface area contributed by atoms with E-state index < -0.39 is 0 Å². The average Bonchev–Trinajstić information content (AvgIpc) is 3.27. The molecular formula is C27H21BrN2O3. The molecule has 0 saturated carbocycles. The number of aromatic nitrogens is 1. The summed E-state index contributed by atoms with van der Waals surface area (Å²) in [6, 6.07) is 23.2. The Morgan fingerprint density at radius 1 is 1.06 bits per heavy atom. The fourth-order valence-electron chi connectivity index (χ4n) is 3.86. The number of fused-ring (bicyclic) bond motifs is 2. The van der Waals surface area contributed by atoms with Gasteiger partial charge in [-0.25, -0.2) is 4.98 Å². The molecule has 4 aromatic carbocycles. The van der Waals surface area contributed by atoms with Crippen LogP contribution in [0, 0.1) is 0 Å². The summed E-state index contributed by atoms with van der Waals surface area (Å²) in [6.07, 6.45) is 0.949. The maximum absolute atomic E-state index is 13.1. The van der Waals surface area contributed by atoms with Gasteiger partial charge >= 0.3 is 0 Å². The molecule has 164 valence electrons. The summed E-state index contributed by atoms with van der Waals surface area (Å²) in [5.74, 6) is 0.803. The first kappa shape index (κ1) is 21.2. The second-order valence-corrected chi connectivity index (χ2v) is 8.49. The molecular weight excluding hydrogens is 480 g/mol. The van der Waals surface area contributed by atoms with Crippen LogP contribution in [0.5, 0.6) is 5.75 Å². The van der Waals surface area contributed by atoms with Gasteiger partial charge in [0, 0.05) is 11.3 Å². The number of nitrogens with zero attached hydrogens (tertiary/aromatic N) is 1. The minimum Gasteiger partial charge on any atom is -0.495 e. The molecule has 5 nitrogen and oxygen atoms in total. The van der Waals surface area contributed by atoms with Crippen molar-refractivity contribution in [1.82, 2.24) is 4.98 Å². The Balaban J connectivity index is 1.41. The van der Waals surface area contributed by atoms with Crippen molar-refractivity contribution in [3.8, 4) is 17.2 Å². The summed E-state index contributed by atoms with van der Waals surface area (Å²) in [4.78, 5) is 17.7. The number of carbonyl (C=O) groups excluding carboxylic acids is 1. The van der Waals surface area contributed by atoms with Crippen LogP contribution in [0.3, 0.4) is 0 Å². The SMILES string of the molecule is CCc1ccc2oc(-c3ccc(NC(=O)c4cc5ccccc5c(Br)c4OC)cc3)nc2c1. The van der Waals surface area contributed by atoms with Crippen LogP contribution in [0.25, 0.3) is 33.3 Å². The first-order valence-corrected chi connectivity index (χ1v) is 11.4. The molecule has 0 aliphatic heterocycles. The summed E-state index contributed by atoms with van der Waals surface area (Å²) in [5.41, 5.74) is 4.78. The Labute approximate surface area is 199 Å². The topological polar surface area (TPSA) is 64.4 Å². The highest BCUT2D eigenvalue weighted by molar-refractivity contribution is 9.10. The van der Waals surface area contributed by atoms with Crippen LogP contribution in [0.15, 0.2) is 81.7 Å². The number of anilines is 1. The van der Waals surface area contributed by atoms with Gasteiger partial charge in [-0.1, -0.05) is 37.3 Å². The van der Waals surface area contributed by atoms with Gasteiger partial charge in [0.15, 0.2) is 5.58 Å². The smallest absolute Gasteiger partial charge is 0.259 e. The van der Waals surface area contributed by atoms with E-state index in [0.29, 0.717) is 22.9 Å². The molecule has 1 N–H and O–H groups in total. The van der Waals surface area contributed by atoms with Gasteiger partial charge in [-0.15, -0.1) is 0 Å². The molecule has 0 unspecified atom stereocenters. The van der Waals surface area contributed by atoms with Crippen LogP contribution in [0.2, 0.25) is 0 Å². The number of methoxy groups -OCH3 is 1. The van der Waals surface area contributed by atoms with Gasteiger partial charge in [-0.05, 0) is 81.2 Å². The second-order valence-electron chi connectivity index (χ2n) is 7.70. The third kappa shape index (κ3) is 3.98. The molecule has 5 rings (SSSR count). The number of oxazole rings is 1. The molecule has 0 bridgehead atoms. The maximum Gasteiger partial charge on any atom is 0.259 e. The third-order valence-corrected chi connectivity index (χ3v) is 6.43. The first-order valence-electron chi connectivity index (χ1n) is 10.6. The van der Waals surface area contributed by atoms with Crippen LogP contribution in [0.4, 0.5) is 5.69 Å². The molecule has 33 heavy (non-hydrogen) atoms. The van der Waals surface area contributed by atoms with Crippen LogP contribution in [-0.4, -0.2) is 18.0 Å². The maximum atomic E-state index is 13.1. The van der Waals surface area contributed by atoms with Gasteiger partial charge in [0.1, 0.15) is 11.3 Å². The lowest BCUT2D eigenvalue weighted by molar-refractivity contribution is 0.102. The van der Waals surface area contributed by atoms with Crippen LogP contribution in [0.1, 0.15) is 22.8 Å². The Morgan fingerprint density at radius 2 is 1.85 bits per heavy atom. The number of carbonyl (C=O) groups is 1. The zero-order valence-electron chi connectivity index (χ0n) is 18.2. The minimum atomic E-state index is -0.250. The molecule has 1 heterocycles. The fourth-order valence-corrected chi connectivity index (χ4v) is 4.60. The molecule has 0 saturated heterocycles. The van der Waals surface area contributed by atoms with Crippen molar-refractivity contribution in [3.63, 3.8) is 0 Å². The van der Waals surface area contributed by atoms with Crippen molar-refractivity contribution in [2.24, 2.45) is 0 Å². The lowest BCUT2D eigenvalue weighted by atomic mass is 10.0. The predicted octanol–water partition coefficient (Wildman–Crippen LogP) is 7.23. The molecule has 1 amide bonds. The molecule has 0 aliphatic rings. The van der Waals surface area contributed by atoms with E-state index in [9.17, 15) is 4.79 Å². The van der Waals surface area contributed by atoms with Gasteiger partial charge in [0.05, 0.1) is 17.1 Å². The molecule has 6 heteroatoms. The number of benzene rings is 4. The number of rotatable bonds is 5. The van der Waals surface area contributed by atoms with E-state index in [1.165, 1.54) is 5.56 Å². The highest BCUT2D eigenvalue weighted by Gasteiger charge is 2.18. The van der Waals surface area contributed by atoms with Gasteiger partial charge in [0.25, 0.3) is 5.91 Å². The quantitative estimate of drug-likeness (QED) is 0.276. The Hall–Kier alpha value is -3.64. The highest BCUT2D eigenvalue weighted by Crippen LogP contribution is 2.37. The Morgan fingerprint density at radius 3 is 2.61 bits per heavy atom. The number of aryl methyl sites for hydroxylation is 1. The summed E-state index contributed by atoms with van der Waals surface area (Å²) >= 11 is 3.58. The van der Waals surface area contributed by atoms with E-state index in [0.717, 1.165) is 38.3 Å². The standard InChI is InChI=1S/C27H21BrN2O3/c1-3-16-8-13-23-22(14-16)30-27(33-23)17-9-11-19(12-10-17)29-26(31)21-15-18-6-4-5-7-20(18)24(28)25(21)32-2/h4-15H,3H2,1-2H3,(H,29,31). The summed E-state index contributed by atoms with van der Waals surface area (Å²) in [5, 5.41) is 4.89. The van der Waals surface area contributed by atoms with Gasteiger partial charge < -0.3 is 14.5 Å². The molecule has 0 atom stereocenters. The Kier molecular flexibility index (Phi) is 5.60. The third-order valence-electron chi connectivity index (χ3n) is 5.64. The highest BCUT2D eigenvalue weighted by atomic mass is 79.9. The van der Waals surface area contributed by atoms with Crippen LogP contribution >= 0.6 is 15.9 Å². The number of halogens is 1. The number of nitrogens with one attached hydrogen (secondary N) is 1. The summed E-state index contributed by atoms with van der Waals surface area (Å²) in [6.45, 7) is 2.11. The number of ether oxygens (including phenoxy) is 1. The van der Waals surface area contributed by atoms with Crippen molar-refractivity contribution >= 4 is 49.4 Å². The predicted molar refractivity (Wildman–Crippen MR) is 135 cm³/mol. The monoisotopic (exact) mass is 500 g/mol. The summed E-state index contributed by atoms with van der Waals surface area (Å²) in [7, 11) is 1.56. The van der Waals surface area contributed by atoms with Crippen LogP contribution in [-0.2, 0) is 6.42 Å². The molecule has 0 fully saturated rings. The molecule has 5 aromatic rings. The normalized spacial score (nSPS) is 11.1. The summed E-state index contributed by atoms with van der Waals surface area (Å²) < 4.78 is 12.2. The first-order chi connectivity index (χ1) is 16.1. The number of hydrogen-bond donors (Lipinski definition) is 1. The molecule has 0 radical (unpaired) electrons. The van der Waals surface area contributed by atoms with Crippen molar-refractivity contribution < 1.29 is 13.9 Å². The Bertz CT molecular complexity index is 1490. The molecule has 0 aliphatic carbocycles. The van der Waals surface area contributed by atoms with E-state index in [1.807, 2.05) is 66.7 Å². The number of hydrogen-bond acceptors (Lipinski definition) is 4. The van der Waals surface area contributed by atoms with Gasteiger partial charge in [0.2, 0.25) is 5.89 Å². The zero-order chi connectivity index (χ0) is 22.9. The molecule has 1 aromatic heterocycles. The van der Waals surface area contributed by atoms with E-state index in [-0.39, 0.29) is 5.91 Å².